The molecule has 0 saturated heterocycles. The number of carboxylic acids is 2. The Labute approximate surface area is 147 Å². The molecule has 3 rings (SSSR count). The van der Waals surface area contributed by atoms with Crippen molar-refractivity contribution in [2.45, 2.75) is 6.92 Å². The monoisotopic (exact) mass is 349 g/mol. The summed E-state index contributed by atoms with van der Waals surface area (Å²) in [7, 11) is 0. The van der Waals surface area contributed by atoms with Crippen molar-refractivity contribution >= 4 is 29.4 Å². The Balaban J connectivity index is 2.14. The molecule has 1 heterocycles. The van der Waals surface area contributed by atoms with Crippen LogP contribution in [-0.2, 0) is 0 Å². The van der Waals surface area contributed by atoms with E-state index in [0.29, 0.717) is 5.56 Å². The fourth-order valence-electron chi connectivity index (χ4n) is 2.68. The molecule has 2 amide bonds. The highest BCUT2D eigenvalue weighted by Crippen LogP contribution is 2.30. The number of carboxylic acid groups (broad SMARTS) is 2. The highest BCUT2D eigenvalue weighted by molar-refractivity contribution is 6.34. The van der Waals surface area contributed by atoms with E-state index in [4.69, 9.17) is 10.2 Å². The van der Waals surface area contributed by atoms with E-state index in [9.17, 15) is 19.2 Å². The first kappa shape index (κ1) is 16.9. The van der Waals surface area contributed by atoms with Crippen LogP contribution in [0.4, 0.5) is 5.69 Å². The first-order valence-corrected chi connectivity index (χ1v) is 7.40. The molecule has 7 nitrogen and oxygen atoms in total. The van der Waals surface area contributed by atoms with E-state index < -0.39 is 23.8 Å². The van der Waals surface area contributed by atoms with Crippen molar-refractivity contribution in [1.29, 1.82) is 0 Å². The van der Waals surface area contributed by atoms with E-state index in [-0.39, 0.29) is 27.9 Å². The second-order valence-electron chi connectivity index (χ2n) is 5.46. The third kappa shape index (κ3) is 2.70. The average molecular weight is 349 g/mol. The van der Waals surface area contributed by atoms with E-state index in [1.807, 2.05) is 0 Å². The average Bonchev–Trinajstić information content (AvgIpc) is 2.85. The van der Waals surface area contributed by atoms with Gasteiger partial charge in [0.1, 0.15) is 0 Å². The van der Waals surface area contributed by atoms with Crippen LogP contribution in [0.3, 0.4) is 0 Å². The molecule has 26 heavy (non-hydrogen) atoms. The van der Waals surface area contributed by atoms with Gasteiger partial charge in [0.05, 0.1) is 27.9 Å². The first-order valence-electron chi connectivity index (χ1n) is 7.40. The van der Waals surface area contributed by atoms with E-state index in [2.05, 4.69) is 11.8 Å². The van der Waals surface area contributed by atoms with Crippen LogP contribution < -0.4 is 4.90 Å². The Bertz CT molecular complexity index is 1030. The molecule has 0 aliphatic carbocycles. The third-order valence-electron chi connectivity index (χ3n) is 3.83. The number of rotatable bonds is 3. The summed E-state index contributed by atoms with van der Waals surface area (Å²) in [6.07, 6.45) is 0. The second-order valence-corrected chi connectivity index (χ2v) is 5.46. The van der Waals surface area contributed by atoms with Gasteiger partial charge in [-0.1, -0.05) is 5.92 Å². The minimum Gasteiger partial charge on any atom is -0.478 e. The predicted molar refractivity (Wildman–Crippen MR) is 90.5 cm³/mol. The fourth-order valence-corrected chi connectivity index (χ4v) is 2.68. The maximum atomic E-state index is 12.7. The van der Waals surface area contributed by atoms with Crippen molar-refractivity contribution < 1.29 is 29.4 Å². The number of carbonyl (C=O) groups excluding carboxylic acids is 2. The second kappa shape index (κ2) is 6.18. The summed E-state index contributed by atoms with van der Waals surface area (Å²) in [5, 5.41) is 18.3. The number of benzene rings is 2. The Kier molecular flexibility index (Phi) is 4.02. The normalized spacial score (nSPS) is 12.4. The van der Waals surface area contributed by atoms with Gasteiger partial charge in [0.15, 0.2) is 0 Å². The van der Waals surface area contributed by atoms with Crippen LogP contribution in [0.2, 0.25) is 0 Å². The zero-order valence-corrected chi connectivity index (χ0v) is 13.4. The number of hydrogen-bond donors (Lipinski definition) is 2. The van der Waals surface area contributed by atoms with Crippen LogP contribution in [0.15, 0.2) is 36.4 Å². The van der Waals surface area contributed by atoms with Crippen molar-refractivity contribution in [1.82, 2.24) is 0 Å². The minimum atomic E-state index is -1.37. The number of fused-ring (bicyclic) bond motifs is 1. The molecule has 0 unspecified atom stereocenters. The van der Waals surface area contributed by atoms with E-state index in [1.165, 1.54) is 12.1 Å². The number of hydrogen-bond acceptors (Lipinski definition) is 4. The van der Waals surface area contributed by atoms with Gasteiger partial charge >= 0.3 is 11.9 Å². The maximum Gasteiger partial charge on any atom is 0.335 e. The summed E-state index contributed by atoms with van der Waals surface area (Å²) >= 11 is 0. The van der Waals surface area contributed by atoms with Gasteiger partial charge < -0.3 is 10.2 Å². The molecule has 0 radical (unpaired) electrons. The number of carbonyl (C=O) groups is 4. The van der Waals surface area contributed by atoms with Gasteiger partial charge in [-0.25, -0.2) is 14.5 Å². The molecule has 0 spiro atoms. The molecule has 1 aliphatic rings. The summed E-state index contributed by atoms with van der Waals surface area (Å²) in [6.45, 7) is 1.64. The zero-order valence-electron chi connectivity index (χ0n) is 13.4. The highest BCUT2D eigenvalue weighted by atomic mass is 16.4. The van der Waals surface area contributed by atoms with Gasteiger partial charge in [0.25, 0.3) is 11.8 Å². The van der Waals surface area contributed by atoms with Crippen molar-refractivity contribution in [3.63, 3.8) is 0 Å². The van der Waals surface area contributed by atoms with Crippen molar-refractivity contribution in [2.75, 3.05) is 4.90 Å². The lowest BCUT2D eigenvalue weighted by Gasteiger charge is -2.15. The topological polar surface area (TPSA) is 112 Å². The van der Waals surface area contributed by atoms with Crippen LogP contribution in [0.5, 0.6) is 0 Å². The third-order valence-corrected chi connectivity index (χ3v) is 3.83. The lowest BCUT2D eigenvalue weighted by atomic mass is 10.1. The van der Waals surface area contributed by atoms with Gasteiger partial charge in [-0.15, -0.1) is 5.92 Å². The van der Waals surface area contributed by atoms with Gasteiger partial charge in [0.2, 0.25) is 0 Å². The fraction of sp³-hybridized carbons (Fsp3) is 0.0526. The summed E-state index contributed by atoms with van der Waals surface area (Å²) < 4.78 is 0. The Hall–Kier alpha value is -3.92. The van der Waals surface area contributed by atoms with E-state index in [1.54, 1.807) is 13.0 Å². The minimum absolute atomic E-state index is 0.114. The quantitative estimate of drug-likeness (QED) is 0.649. The van der Waals surface area contributed by atoms with Crippen LogP contribution in [0.25, 0.3) is 0 Å². The summed E-state index contributed by atoms with van der Waals surface area (Å²) in [5.74, 6) is 1.43. The Morgan fingerprint density at radius 2 is 1.46 bits per heavy atom. The molecule has 0 bridgehead atoms. The summed E-state index contributed by atoms with van der Waals surface area (Å²) in [6, 6.07) is 7.67. The number of imide groups is 1. The predicted octanol–water partition coefficient (Wildman–Crippen LogP) is 2.25. The molecule has 128 valence electrons. The van der Waals surface area contributed by atoms with Gasteiger partial charge in [-0.3, -0.25) is 9.59 Å². The molecular formula is C19H11NO6. The summed E-state index contributed by atoms with van der Waals surface area (Å²) in [5.41, 5.74) is 0.0430. The molecule has 0 fully saturated rings. The summed E-state index contributed by atoms with van der Waals surface area (Å²) in [4.78, 5) is 48.6. The van der Waals surface area contributed by atoms with Crippen LogP contribution in [0, 0.1) is 11.8 Å². The smallest absolute Gasteiger partial charge is 0.335 e. The molecule has 0 aromatic heterocycles. The van der Waals surface area contributed by atoms with Gasteiger partial charge in [0, 0.05) is 5.56 Å². The van der Waals surface area contributed by atoms with E-state index >= 15 is 0 Å². The number of anilines is 1. The van der Waals surface area contributed by atoms with E-state index in [0.717, 1.165) is 23.1 Å². The molecule has 2 aromatic rings. The number of nitrogens with zero attached hydrogens (tertiary/aromatic N) is 1. The Morgan fingerprint density at radius 1 is 0.885 bits per heavy atom. The lowest BCUT2D eigenvalue weighted by molar-refractivity contribution is 0.0695. The first-order chi connectivity index (χ1) is 12.3. The SMILES string of the molecule is CC#Cc1ccc2c(c1)C(=O)N(c1cc(C(=O)O)cc(C(=O)O)c1)C2=O. The van der Waals surface area contributed by atoms with Crippen molar-refractivity contribution in [3.8, 4) is 11.8 Å². The van der Waals surface area contributed by atoms with Gasteiger partial charge in [-0.05, 0) is 43.3 Å². The van der Waals surface area contributed by atoms with Crippen molar-refractivity contribution in [2.24, 2.45) is 0 Å². The molecule has 2 N–H and O–H groups in total. The van der Waals surface area contributed by atoms with Crippen LogP contribution >= 0.6 is 0 Å². The number of amides is 2. The molecular weight excluding hydrogens is 338 g/mol. The lowest BCUT2D eigenvalue weighted by Crippen LogP contribution is -2.29. The van der Waals surface area contributed by atoms with Crippen LogP contribution in [-0.4, -0.2) is 34.0 Å². The van der Waals surface area contributed by atoms with Crippen LogP contribution in [0.1, 0.15) is 53.9 Å². The zero-order chi connectivity index (χ0) is 19.0. The number of aromatic carboxylic acids is 2. The largest absolute Gasteiger partial charge is 0.478 e. The molecule has 7 heteroatoms. The molecule has 0 atom stereocenters. The Morgan fingerprint density at radius 3 is 2.00 bits per heavy atom. The standard InChI is InChI=1S/C19H11NO6/c1-2-3-10-4-5-14-15(6-10)17(22)20(16(14)21)13-8-11(18(23)24)7-12(9-13)19(25)26/h4-9H,1H3,(H,23,24)(H,25,26). The highest BCUT2D eigenvalue weighted by Gasteiger charge is 2.37. The molecule has 1 aliphatic heterocycles. The molecule has 2 aromatic carbocycles. The molecule has 0 saturated carbocycles. The maximum absolute atomic E-state index is 12.7. The van der Waals surface area contributed by atoms with Gasteiger partial charge in [-0.2, -0.15) is 0 Å². The van der Waals surface area contributed by atoms with Crippen molar-refractivity contribution in [3.05, 3.63) is 64.2 Å².